The molecule has 5 nitrogen and oxygen atoms in total. The van der Waals surface area contributed by atoms with Crippen molar-refractivity contribution in [1.82, 2.24) is 10.2 Å². The third-order valence-electron chi connectivity index (χ3n) is 4.92. The lowest BCUT2D eigenvalue weighted by Crippen LogP contribution is -2.37. The van der Waals surface area contributed by atoms with Crippen molar-refractivity contribution >= 4 is 15.7 Å². The standard InChI is InChI=1S/C21H26N2O3S/c1-16(2)27(25,26)20-11-7-6-10-19(20)21(24)22-18-12-13-23(15-18)14-17-8-4-3-5-9-17/h3-11,16,18H,12-15H2,1-2H3,(H,22,24). The number of carbonyl (C=O) groups is 1. The molecule has 0 radical (unpaired) electrons. The summed E-state index contributed by atoms with van der Waals surface area (Å²) in [4.78, 5) is 15.2. The molecule has 2 aromatic carbocycles. The Balaban J connectivity index is 1.67. The van der Waals surface area contributed by atoms with Gasteiger partial charge in [-0.3, -0.25) is 9.69 Å². The third-order valence-corrected chi connectivity index (χ3v) is 7.13. The summed E-state index contributed by atoms with van der Waals surface area (Å²) in [6, 6.07) is 16.7. The van der Waals surface area contributed by atoms with Crippen molar-refractivity contribution in [3.63, 3.8) is 0 Å². The molecule has 1 fully saturated rings. The van der Waals surface area contributed by atoms with E-state index < -0.39 is 15.1 Å². The summed E-state index contributed by atoms with van der Waals surface area (Å²) in [5.41, 5.74) is 1.48. The summed E-state index contributed by atoms with van der Waals surface area (Å²) in [6.45, 7) is 5.78. The van der Waals surface area contributed by atoms with E-state index in [0.29, 0.717) is 0 Å². The number of hydrogen-bond donors (Lipinski definition) is 1. The van der Waals surface area contributed by atoms with Crippen LogP contribution in [0, 0.1) is 0 Å². The molecule has 3 rings (SSSR count). The van der Waals surface area contributed by atoms with Crippen LogP contribution in [-0.2, 0) is 16.4 Å². The van der Waals surface area contributed by atoms with Crippen LogP contribution in [0.2, 0.25) is 0 Å². The van der Waals surface area contributed by atoms with Gasteiger partial charge in [-0.1, -0.05) is 42.5 Å². The summed E-state index contributed by atoms with van der Waals surface area (Å²) >= 11 is 0. The lowest BCUT2D eigenvalue weighted by atomic mass is 10.2. The minimum Gasteiger partial charge on any atom is -0.348 e. The zero-order valence-electron chi connectivity index (χ0n) is 15.8. The van der Waals surface area contributed by atoms with Crippen LogP contribution in [0.3, 0.4) is 0 Å². The van der Waals surface area contributed by atoms with Gasteiger partial charge in [0.05, 0.1) is 15.7 Å². The number of nitrogens with zero attached hydrogens (tertiary/aromatic N) is 1. The molecule has 1 N–H and O–H groups in total. The van der Waals surface area contributed by atoms with E-state index in [2.05, 4.69) is 22.3 Å². The van der Waals surface area contributed by atoms with E-state index >= 15 is 0 Å². The molecule has 0 aliphatic carbocycles. The Hall–Kier alpha value is -2.18. The van der Waals surface area contributed by atoms with Crippen LogP contribution in [0.1, 0.15) is 36.2 Å². The minimum atomic E-state index is -3.51. The zero-order chi connectivity index (χ0) is 19.4. The molecule has 0 saturated carbocycles. The van der Waals surface area contributed by atoms with E-state index in [1.165, 1.54) is 11.6 Å². The number of hydrogen-bond acceptors (Lipinski definition) is 4. The van der Waals surface area contributed by atoms with Gasteiger partial charge in [0, 0.05) is 25.7 Å². The molecular weight excluding hydrogens is 360 g/mol. The number of likely N-dealkylation sites (tertiary alicyclic amines) is 1. The second-order valence-corrected chi connectivity index (χ2v) is 9.74. The molecule has 6 heteroatoms. The van der Waals surface area contributed by atoms with Crippen LogP contribution in [0.15, 0.2) is 59.5 Å². The average molecular weight is 387 g/mol. The second kappa shape index (κ2) is 8.23. The molecule has 1 amide bonds. The first-order valence-corrected chi connectivity index (χ1v) is 10.8. The molecule has 1 heterocycles. The smallest absolute Gasteiger partial charge is 0.252 e. The van der Waals surface area contributed by atoms with Gasteiger partial charge in [0.1, 0.15) is 0 Å². The Morgan fingerprint density at radius 2 is 1.78 bits per heavy atom. The number of rotatable bonds is 6. The van der Waals surface area contributed by atoms with Crippen molar-refractivity contribution in [3.8, 4) is 0 Å². The highest BCUT2D eigenvalue weighted by Crippen LogP contribution is 2.21. The van der Waals surface area contributed by atoms with Crippen LogP contribution in [0.4, 0.5) is 0 Å². The van der Waals surface area contributed by atoms with Crippen molar-refractivity contribution in [3.05, 3.63) is 65.7 Å². The topological polar surface area (TPSA) is 66.5 Å². The van der Waals surface area contributed by atoms with Crippen LogP contribution in [0.5, 0.6) is 0 Å². The monoisotopic (exact) mass is 386 g/mol. The fraction of sp³-hybridized carbons (Fsp3) is 0.381. The quantitative estimate of drug-likeness (QED) is 0.829. The van der Waals surface area contributed by atoms with Gasteiger partial charge in [-0.15, -0.1) is 0 Å². The van der Waals surface area contributed by atoms with Crippen LogP contribution < -0.4 is 5.32 Å². The predicted molar refractivity (Wildman–Crippen MR) is 106 cm³/mol. The Morgan fingerprint density at radius 1 is 1.11 bits per heavy atom. The molecule has 1 atom stereocenters. The first kappa shape index (κ1) is 19.6. The van der Waals surface area contributed by atoms with Crippen molar-refractivity contribution in [2.75, 3.05) is 13.1 Å². The maximum Gasteiger partial charge on any atom is 0.252 e. The Kier molecular flexibility index (Phi) is 5.97. The molecule has 0 aromatic heterocycles. The minimum absolute atomic E-state index is 0.0241. The molecular formula is C21H26N2O3S. The molecule has 2 aromatic rings. The molecule has 1 unspecified atom stereocenters. The van der Waals surface area contributed by atoms with Crippen molar-refractivity contribution < 1.29 is 13.2 Å². The number of amides is 1. The first-order valence-electron chi connectivity index (χ1n) is 9.28. The second-order valence-electron chi connectivity index (χ2n) is 7.27. The molecule has 0 bridgehead atoms. The lowest BCUT2D eigenvalue weighted by molar-refractivity contribution is 0.0934. The number of benzene rings is 2. The maximum atomic E-state index is 12.8. The molecule has 27 heavy (non-hydrogen) atoms. The Labute approximate surface area is 161 Å². The van der Waals surface area contributed by atoms with E-state index in [9.17, 15) is 13.2 Å². The molecule has 1 saturated heterocycles. The lowest BCUT2D eigenvalue weighted by Gasteiger charge is -2.18. The molecule has 1 aliphatic heterocycles. The van der Waals surface area contributed by atoms with Gasteiger partial charge in [-0.05, 0) is 38.0 Å². The van der Waals surface area contributed by atoms with E-state index in [4.69, 9.17) is 0 Å². The summed E-state index contributed by atoms with van der Waals surface area (Å²) in [5.74, 6) is -0.318. The maximum absolute atomic E-state index is 12.8. The van der Waals surface area contributed by atoms with E-state index in [1.807, 2.05) is 18.2 Å². The van der Waals surface area contributed by atoms with E-state index in [-0.39, 0.29) is 22.4 Å². The van der Waals surface area contributed by atoms with Crippen LogP contribution in [-0.4, -0.2) is 43.6 Å². The van der Waals surface area contributed by atoms with Gasteiger partial charge in [0.2, 0.25) is 0 Å². The fourth-order valence-corrected chi connectivity index (χ4v) is 4.60. The highest BCUT2D eigenvalue weighted by Gasteiger charge is 2.28. The largest absolute Gasteiger partial charge is 0.348 e. The fourth-order valence-electron chi connectivity index (χ4n) is 3.36. The van der Waals surface area contributed by atoms with Crippen LogP contribution in [0.25, 0.3) is 0 Å². The number of sulfone groups is 1. The van der Waals surface area contributed by atoms with E-state index in [1.54, 1.807) is 32.0 Å². The van der Waals surface area contributed by atoms with Gasteiger partial charge < -0.3 is 5.32 Å². The summed E-state index contributed by atoms with van der Waals surface area (Å²) in [6.07, 6.45) is 0.859. The van der Waals surface area contributed by atoms with Gasteiger partial charge in [0.25, 0.3) is 5.91 Å². The highest BCUT2D eigenvalue weighted by atomic mass is 32.2. The van der Waals surface area contributed by atoms with Gasteiger partial charge in [0.15, 0.2) is 9.84 Å². The normalized spacial score (nSPS) is 18.0. The summed E-state index contributed by atoms with van der Waals surface area (Å²) in [5, 5.41) is 2.45. The van der Waals surface area contributed by atoms with Gasteiger partial charge >= 0.3 is 0 Å². The Bertz CT molecular complexity index is 895. The van der Waals surface area contributed by atoms with Crippen LogP contribution >= 0.6 is 0 Å². The first-order chi connectivity index (χ1) is 12.9. The zero-order valence-corrected chi connectivity index (χ0v) is 16.6. The highest BCUT2D eigenvalue weighted by molar-refractivity contribution is 7.92. The van der Waals surface area contributed by atoms with Crippen molar-refractivity contribution in [2.45, 2.75) is 43.0 Å². The van der Waals surface area contributed by atoms with Gasteiger partial charge in [-0.25, -0.2) is 8.42 Å². The van der Waals surface area contributed by atoms with Gasteiger partial charge in [-0.2, -0.15) is 0 Å². The van der Waals surface area contributed by atoms with Crippen molar-refractivity contribution in [1.29, 1.82) is 0 Å². The summed E-state index contributed by atoms with van der Waals surface area (Å²) < 4.78 is 25.1. The third kappa shape index (κ3) is 4.57. The molecule has 144 valence electrons. The van der Waals surface area contributed by atoms with Crippen molar-refractivity contribution in [2.24, 2.45) is 0 Å². The summed E-state index contributed by atoms with van der Waals surface area (Å²) in [7, 11) is -3.51. The van der Waals surface area contributed by atoms with E-state index in [0.717, 1.165) is 26.1 Å². The Morgan fingerprint density at radius 3 is 2.48 bits per heavy atom. The molecule has 1 aliphatic rings. The number of nitrogens with one attached hydrogen (secondary N) is 1. The number of carbonyl (C=O) groups excluding carboxylic acids is 1. The predicted octanol–water partition coefficient (Wildman–Crippen LogP) is 2.87. The average Bonchev–Trinajstić information content (AvgIpc) is 3.09. The molecule has 0 spiro atoms. The SMILES string of the molecule is CC(C)S(=O)(=O)c1ccccc1C(=O)NC1CCN(Cc2ccccc2)C1.